The number of ether oxygens (including phenoxy) is 2. The maximum Gasteiger partial charge on any atom is 0.309 e. The van der Waals surface area contributed by atoms with E-state index in [1.165, 1.54) is 0 Å². The van der Waals surface area contributed by atoms with Crippen LogP contribution in [0.5, 0.6) is 0 Å². The van der Waals surface area contributed by atoms with Gasteiger partial charge < -0.3 is 9.47 Å². The molecule has 0 saturated heterocycles. The average molecular weight is 407 g/mol. The van der Waals surface area contributed by atoms with Crippen LogP contribution in [0.3, 0.4) is 0 Å². The van der Waals surface area contributed by atoms with E-state index in [-0.39, 0.29) is 52.7 Å². The molecule has 2 bridgehead atoms. The molecule has 166 valence electrons. The molecule has 3 saturated carbocycles. The van der Waals surface area contributed by atoms with Gasteiger partial charge in [-0.25, -0.2) is 0 Å². The minimum Gasteiger partial charge on any atom is -0.462 e. The van der Waals surface area contributed by atoms with Crippen LogP contribution in [0.25, 0.3) is 0 Å². The van der Waals surface area contributed by atoms with Crippen LogP contribution in [0.15, 0.2) is 0 Å². The third-order valence-electron chi connectivity index (χ3n) is 7.74. The summed E-state index contributed by atoms with van der Waals surface area (Å²) < 4.78 is 12.2. The Morgan fingerprint density at radius 3 is 2.24 bits per heavy atom. The van der Waals surface area contributed by atoms with Crippen molar-refractivity contribution in [2.24, 2.45) is 35.0 Å². The molecule has 0 heterocycles. The first-order chi connectivity index (χ1) is 13.5. The van der Waals surface area contributed by atoms with Crippen LogP contribution in [0.2, 0.25) is 0 Å². The highest BCUT2D eigenvalue weighted by Crippen LogP contribution is 2.51. The summed E-state index contributed by atoms with van der Waals surface area (Å²) in [5.41, 5.74) is -0.148. The Kier molecular flexibility index (Phi) is 6.70. The molecule has 3 rings (SSSR count). The van der Waals surface area contributed by atoms with Crippen LogP contribution >= 0.6 is 0 Å². The Balaban J connectivity index is 1.62. The zero-order valence-electron chi connectivity index (χ0n) is 19.5. The van der Waals surface area contributed by atoms with E-state index in [1.807, 2.05) is 0 Å². The molecule has 5 atom stereocenters. The van der Waals surface area contributed by atoms with Crippen molar-refractivity contribution in [2.45, 2.75) is 111 Å². The predicted molar refractivity (Wildman–Crippen MR) is 114 cm³/mol. The molecule has 3 fully saturated rings. The summed E-state index contributed by atoms with van der Waals surface area (Å²) in [6.07, 6.45) is 8.76. The summed E-state index contributed by atoms with van der Waals surface area (Å²) in [5, 5.41) is 0. The average Bonchev–Trinajstić information content (AvgIpc) is 3.34. The predicted octanol–water partition coefficient (Wildman–Crippen LogP) is 5.92. The number of esters is 2. The van der Waals surface area contributed by atoms with E-state index in [0.717, 1.165) is 57.8 Å². The van der Waals surface area contributed by atoms with E-state index in [0.29, 0.717) is 5.92 Å². The Morgan fingerprint density at radius 1 is 1.07 bits per heavy atom. The third kappa shape index (κ3) is 5.17. The number of hydrogen-bond donors (Lipinski definition) is 0. The van der Waals surface area contributed by atoms with Crippen molar-refractivity contribution in [3.8, 4) is 0 Å². The molecule has 3 aliphatic rings. The Hall–Kier alpha value is -1.06. The number of fused-ring (bicyclic) bond motifs is 2. The first kappa shape index (κ1) is 22.6. The molecule has 0 spiro atoms. The van der Waals surface area contributed by atoms with Gasteiger partial charge in [-0.15, -0.1) is 0 Å². The second kappa shape index (κ2) is 8.59. The van der Waals surface area contributed by atoms with E-state index in [9.17, 15) is 9.59 Å². The van der Waals surface area contributed by atoms with Gasteiger partial charge in [-0.1, -0.05) is 41.5 Å². The van der Waals surface area contributed by atoms with Crippen LogP contribution in [0.1, 0.15) is 99.3 Å². The van der Waals surface area contributed by atoms with Crippen molar-refractivity contribution in [3.63, 3.8) is 0 Å². The first-order valence-electron chi connectivity index (χ1n) is 12.0. The van der Waals surface area contributed by atoms with Crippen molar-refractivity contribution in [3.05, 3.63) is 0 Å². The highest BCUT2D eigenvalue weighted by Gasteiger charge is 2.53. The van der Waals surface area contributed by atoms with Gasteiger partial charge in [0.2, 0.25) is 0 Å². The normalized spacial score (nSPS) is 31.8. The molecule has 0 aliphatic heterocycles. The Labute approximate surface area is 177 Å². The van der Waals surface area contributed by atoms with Gasteiger partial charge in [0, 0.05) is 5.92 Å². The number of carbonyl (C=O) groups excluding carboxylic acids is 2. The lowest BCUT2D eigenvalue weighted by atomic mass is 9.79. The summed E-state index contributed by atoms with van der Waals surface area (Å²) in [6, 6.07) is 0. The third-order valence-corrected chi connectivity index (χ3v) is 7.74. The van der Waals surface area contributed by atoms with Crippen LogP contribution in [-0.4, -0.2) is 23.6 Å². The molecule has 5 unspecified atom stereocenters. The fourth-order valence-electron chi connectivity index (χ4n) is 6.02. The quantitative estimate of drug-likeness (QED) is 0.493. The minimum absolute atomic E-state index is 0.0305. The summed E-state index contributed by atoms with van der Waals surface area (Å²) in [7, 11) is 0. The van der Waals surface area contributed by atoms with Gasteiger partial charge in [0.15, 0.2) is 0 Å². The highest BCUT2D eigenvalue weighted by atomic mass is 16.6. The molecule has 0 N–H and O–H groups in total. The molecule has 29 heavy (non-hydrogen) atoms. The molecule has 0 aromatic rings. The molecule has 0 aromatic heterocycles. The van der Waals surface area contributed by atoms with Gasteiger partial charge in [0.05, 0.1) is 11.8 Å². The second-order valence-electron chi connectivity index (χ2n) is 11.6. The van der Waals surface area contributed by atoms with Crippen LogP contribution in [0.4, 0.5) is 0 Å². The van der Waals surface area contributed by atoms with Crippen LogP contribution in [-0.2, 0) is 19.1 Å². The van der Waals surface area contributed by atoms with Gasteiger partial charge in [-0.3, -0.25) is 9.59 Å². The maximum absolute atomic E-state index is 13.1. The standard InChI is InChI=1S/C25H42O4/c1-7-25(10-8-9-11-25)29-23(27)19-13-17-12-18(19)21(14-17)28-22(26)20(16(2)3)15-24(4,5)6/h16-21H,7-15H2,1-6H3. The van der Waals surface area contributed by atoms with E-state index in [1.54, 1.807) is 0 Å². The minimum atomic E-state index is -0.236. The largest absolute Gasteiger partial charge is 0.462 e. The summed E-state index contributed by atoms with van der Waals surface area (Å²) in [6.45, 7) is 12.9. The maximum atomic E-state index is 13.1. The Bertz CT molecular complexity index is 596. The lowest BCUT2D eigenvalue weighted by molar-refractivity contribution is -0.173. The molecule has 3 aliphatic carbocycles. The van der Waals surface area contributed by atoms with E-state index in [4.69, 9.17) is 9.47 Å². The van der Waals surface area contributed by atoms with Crippen molar-refractivity contribution < 1.29 is 19.1 Å². The molecule has 0 amide bonds. The highest BCUT2D eigenvalue weighted by molar-refractivity contribution is 5.75. The zero-order valence-corrected chi connectivity index (χ0v) is 19.5. The molecule has 4 heteroatoms. The van der Waals surface area contributed by atoms with Crippen LogP contribution < -0.4 is 0 Å². The Morgan fingerprint density at radius 2 is 1.72 bits per heavy atom. The van der Waals surface area contributed by atoms with Crippen molar-refractivity contribution in [1.29, 1.82) is 0 Å². The summed E-state index contributed by atoms with van der Waals surface area (Å²) >= 11 is 0. The monoisotopic (exact) mass is 406 g/mol. The van der Waals surface area contributed by atoms with Gasteiger partial charge in [-0.05, 0) is 75.0 Å². The van der Waals surface area contributed by atoms with E-state index >= 15 is 0 Å². The lowest BCUT2D eigenvalue weighted by Gasteiger charge is -2.34. The smallest absolute Gasteiger partial charge is 0.309 e. The van der Waals surface area contributed by atoms with Crippen molar-refractivity contribution >= 4 is 11.9 Å². The van der Waals surface area contributed by atoms with Gasteiger partial charge >= 0.3 is 11.9 Å². The van der Waals surface area contributed by atoms with Crippen molar-refractivity contribution in [1.82, 2.24) is 0 Å². The molecule has 0 aromatic carbocycles. The number of hydrogen-bond acceptors (Lipinski definition) is 4. The molecular formula is C25H42O4. The van der Waals surface area contributed by atoms with Gasteiger partial charge in [0.25, 0.3) is 0 Å². The summed E-state index contributed by atoms with van der Waals surface area (Å²) in [4.78, 5) is 26.1. The van der Waals surface area contributed by atoms with E-state index in [2.05, 4.69) is 41.5 Å². The van der Waals surface area contributed by atoms with Gasteiger partial charge in [-0.2, -0.15) is 0 Å². The first-order valence-corrected chi connectivity index (χ1v) is 12.0. The number of carbonyl (C=O) groups is 2. The van der Waals surface area contributed by atoms with Gasteiger partial charge in [0.1, 0.15) is 11.7 Å². The molecule has 0 radical (unpaired) electrons. The van der Waals surface area contributed by atoms with Crippen LogP contribution in [0, 0.1) is 35.0 Å². The topological polar surface area (TPSA) is 52.6 Å². The number of rotatable bonds is 7. The van der Waals surface area contributed by atoms with Crippen molar-refractivity contribution in [2.75, 3.05) is 0 Å². The fourth-order valence-corrected chi connectivity index (χ4v) is 6.02. The SMILES string of the molecule is CCC1(OC(=O)C2CC3CC(OC(=O)C(CC(C)(C)C)C(C)C)C2C3)CCCC1. The second-order valence-corrected chi connectivity index (χ2v) is 11.6. The fraction of sp³-hybridized carbons (Fsp3) is 0.920. The lowest BCUT2D eigenvalue weighted by Crippen LogP contribution is -2.40. The zero-order chi connectivity index (χ0) is 21.4. The molecular weight excluding hydrogens is 364 g/mol. The summed E-state index contributed by atoms with van der Waals surface area (Å²) in [5.74, 6) is 0.633. The van der Waals surface area contributed by atoms with E-state index < -0.39 is 0 Å². The molecule has 4 nitrogen and oxygen atoms in total.